The molecular weight excluding hydrogens is 470 g/mol. The van der Waals surface area contributed by atoms with Crippen molar-refractivity contribution >= 4 is 59.1 Å². The van der Waals surface area contributed by atoms with E-state index in [-0.39, 0.29) is 6.04 Å². The van der Waals surface area contributed by atoms with E-state index in [2.05, 4.69) is 82.8 Å². The van der Waals surface area contributed by atoms with Crippen molar-refractivity contribution in [1.29, 1.82) is 0 Å². The number of halogens is 3. The zero-order valence-corrected chi connectivity index (χ0v) is 16.9. The number of nitrogens with one attached hydrogen (secondary N) is 1. The Labute approximate surface area is 148 Å². The molecule has 2 aromatic heterocycles. The third kappa shape index (κ3) is 3.55. The Morgan fingerprint density at radius 2 is 2.10 bits per heavy atom. The summed E-state index contributed by atoms with van der Waals surface area (Å²) in [4.78, 5) is 0. The second-order valence-corrected chi connectivity index (χ2v) is 8.97. The average molecular weight is 486 g/mol. The van der Waals surface area contributed by atoms with Crippen LogP contribution in [0, 0.1) is 0 Å². The van der Waals surface area contributed by atoms with E-state index in [4.69, 9.17) is 0 Å². The highest BCUT2D eigenvalue weighted by Crippen LogP contribution is 2.39. The summed E-state index contributed by atoms with van der Waals surface area (Å²) < 4.78 is 5.40. The standard InChI is InChI=1S/C13H16Br3N3S/c1-3-5-19-12(9(14)7-18-19)11(17-4-2)8-6-10(15)20-13(8)16/h6-7,11,17H,3-5H2,1-2H3. The van der Waals surface area contributed by atoms with Crippen molar-refractivity contribution in [3.63, 3.8) is 0 Å². The van der Waals surface area contributed by atoms with Crippen LogP contribution in [-0.4, -0.2) is 16.3 Å². The molecule has 3 nitrogen and oxygen atoms in total. The maximum Gasteiger partial charge on any atom is 0.0779 e. The number of aromatic nitrogens is 2. The molecule has 0 saturated carbocycles. The predicted octanol–water partition coefficient (Wildman–Crippen LogP) is 5.34. The monoisotopic (exact) mass is 483 g/mol. The zero-order chi connectivity index (χ0) is 14.7. The first kappa shape index (κ1) is 16.7. The minimum Gasteiger partial charge on any atom is -0.305 e. The molecule has 0 radical (unpaired) electrons. The Kier molecular flexibility index (Phi) is 6.28. The van der Waals surface area contributed by atoms with Crippen molar-refractivity contribution in [1.82, 2.24) is 15.1 Å². The largest absolute Gasteiger partial charge is 0.305 e. The molecule has 0 aromatic carbocycles. The van der Waals surface area contributed by atoms with Gasteiger partial charge in [0.05, 0.1) is 30.0 Å². The van der Waals surface area contributed by atoms with Gasteiger partial charge >= 0.3 is 0 Å². The summed E-state index contributed by atoms with van der Waals surface area (Å²) in [6.45, 7) is 6.11. The topological polar surface area (TPSA) is 29.9 Å². The fourth-order valence-corrected chi connectivity index (χ4v) is 5.58. The van der Waals surface area contributed by atoms with Crippen molar-refractivity contribution in [2.24, 2.45) is 0 Å². The van der Waals surface area contributed by atoms with Crippen molar-refractivity contribution in [2.45, 2.75) is 32.9 Å². The minimum absolute atomic E-state index is 0.125. The summed E-state index contributed by atoms with van der Waals surface area (Å²) in [5.41, 5.74) is 2.42. The van der Waals surface area contributed by atoms with Gasteiger partial charge in [-0.2, -0.15) is 5.10 Å². The molecule has 7 heteroatoms. The Bertz CT molecular complexity index is 579. The predicted molar refractivity (Wildman–Crippen MR) is 95.5 cm³/mol. The van der Waals surface area contributed by atoms with E-state index in [0.29, 0.717) is 0 Å². The van der Waals surface area contributed by atoms with Crippen LogP contribution in [0.4, 0.5) is 0 Å². The van der Waals surface area contributed by atoms with Crippen molar-refractivity contribution in [3.8, 4) is 0 Å². The number of aryl methyl sites for hydroxylation is 1. The van der Waals surface area contributed by atoms with E-state index in [1.165, 1.54) is 11.3 Å². The third-order valence-corrected chi connectivity index (χ3v) is 5.94. The lowest BCUT2D eigenvalue weighted by molar-refractivity contribution is 0.519. The second kappa shape index (κ2) is 7.54. The molecule has 1 N–H and O–H groups in total. The third-order valence-electron chi connectivity index (χ3n) is 2.94. The van der Waals surface area contributed by atoms with Gasteiger partial charge in [-0.15, -0.1) is 11.3 Å². The normalized spacial score (nSPS) is 12.8. The lowest BCUT2D eigenvalue weighted by atomic mass is 10.1. The lowest BCUT2D eigenvalue weighted by Gasteiger charge is -2.20. The summed E-state index contributed by atoms with van der Waals surface area (Å²) in [5.74, 6) is 0. The molecule has 2 rings (SSSR count). The van der Waals surface area contributed by atoms with E-state index >= 15 is 0 Å². The molecule has 110 valence electrons. The molecule has 0 spiro atoms. The van der Waals surface area contributed by atoms with Crippen LogP contribution in [0.5, 0.6) is 0 Å². The number of nitrogens with zero attached hydrogens (tertiary/aromatic N) is 2. The maximum absolute atomic E-state index is 4.48. The van der Waals surface area contributed by atoms with Crippen molar-refractivity contribution in [3.05, 3.63) is 35.6 Å². The first-order valence-corrected chi connectivity index (χ1v) is 9.67. The van der Waals surface area contributed by atoms with Crippen LogP contribution in [0.2, 0.25) is 0 Å². The molecule has 2 heterocycles. The first-order valence-electron chi connectivity index (χ1n) is 6.47. The molecular formula is C13H16Br3N3S. The highest BCUT2D eigenvalue weighted by Gasteiger charge is 2.24. The van der Waals surface area contributed by atoms with Crippen LogP contribution in [0.25, 0.3) is 0 Å². The van der Waals surface area contributed by atoms with Gasteiger partial charge in [-0.1, -0.05) is 13.8 Å². The van der Waals surface area contributed by atoms with Crippen LogP contribution in [0.3, 0.4) is 0 Å². The minimum atomic E-state index is 0.125. The van der Waals surface area contributed by atoms with Gasteiger partial charge in [0.25, 0.3) is 0 Å². The smallest absolute Gasteiger partial charge is 0.0779 e. The van der Waals surface area contributed by atoms with Gasteiger partial charge in [0, 0.05) is 12.1 Å². The number of thiophene rings is 1. The molecule has 0 aliphatic heterocycles. The Morgan fingerprint density at radius 3 is 2.65 bits per heavy atom. The van der Waals surface area contributed by atoms with Crippen LogP contribution >= 0.6 is 59.1 Å². The lowest BCUT2D eigenvalue weighted by Crippen LogP contribution is -2.25. The number of hydrogen-bond donors (Lipinski definition) is 1. The van der Waals surface area contributed by atoms with Gasteiger partial charge in [-0.3, -0.25) is 4.68 Å². The maximum atomic E-state index is 4.48. The van der Waals surface area contributed by atoms with Gasteiger partial charge < -0.3 is 5.32 Å². The van der Waals surface area contributed by atoms with Crippen molar-refractivity contribution in [2.75, 3.05) is 6.54 Å². The molecule has 0 aliphatic rings. The van der Waals surface area contributed by atoms with E-state index in [1.807, 2.05) is 6.20 Å². The summed E-state index contributed by atoms with van der Waals surface area (Å²) in [6.07, 6.45) is 2.94. The van der Waals surface area contributed by atoms with E-state index < -0.39 is 0 Å². The highest BCUT2D eigenvalue weighted by molar-refractivity contribution is 9.12. The molecule has 0 bridgehead atoms. The van der Waals surface area contributed by atoms with E-state index in [1.54, 1.807) is 11.3 Å². The van der Waals surface area contributed by atoms with Crippen LogP contribution in [0.1, 0.15) is 37.6 Å². The van der Waals surface area contributed by atoms with Crippen LogP contribution in [-0.2, 0) is 6.54 Å². The molecule has 2 aromatic rings. The molecule has 1 atom stereocenters. The average Bonchev–Trinajstić information content (AvgIpc) is 2.91. The van der Waals surface area contributed by atoms with Gasteiger partial charge in [0.2, 0.25) is 0 Å². The SMILES string of the molecule is CCCn1ncc(Br)c1C(NCC)c1cc(Br)sc1Br. The number of hydrogen-bond acceptors (Lipinski definition) is 3. The Hall–Kier alpha value is 0.310. The van der Waals surface area contributed by atoms with E-state index in [0.717, 1.165) is 31.6 Å². The molecule has 0 fully saturated rings. The van der Waals surface area contributed by atoms with Gasteiger partial charge in [-0.05, 0) is 66.8 Å². The Balaban J connectivity index is 2.48. The second-order valence-electron chi connectivity index (χ2n) is 4.37. The zero-order valence-electron chi connectivity index (χ0n) is 11.3. The van der Waals surface area contributed by atoms with Crippen LogP contribution < -0.4 is 5.32 Å². The summed E-state index contributed by atoms with van der Waals surface area (Å²) in [5, 5.41) is 8.04. The van der Waals surface area contributed by atoms with Gasteiger partial charge in [0.15, 0.2) is 0 Å². The Morgan fingerprint density at radius 1 is 1.35 bits per heavy atom. The van der Waals surface area contributed by atoms with Crippen molar-refractivity contribution < 1.29 is 0 Å². The molecule has 1 unspecified atom stereocenters. The van der Waals surface area contributed by atoms with Gasteiger partial charge in [0.1, 0.15) is 0 Å². The molecule has 20 heavy (non-hydrogen) atoms. The number of rotatable bonds is 6. The molecule has 0 amide bonds. The summed E-state index contributed by atoms with van der Waals surface area (Å²) >= 11 is 12.6. The molecule has 0 saturated heterocycles. The van der Waals surface area contributed by atoms with Crippen LogP contribution in [0.15, 0.2) is 24.3 Å². The fourth-order valence-electron chi connectivity index (χ4n) is 2.16. The fraction of sp³-hybridized carbons (Fsp3) is 0.462. The quantitative estimate of drug-likeness (QED) is 0.598. The van der Waals surface area contributed by atoms with Gasteiger partial charge in [-0.25, -0.2) is 0 Å². The highest BCUT2D eigenvalue weighted by atomic mass is 79.9. The first-order chi connectivity index (χ1) is 9.58. The van der Waals surface area contributed by atoms with E-state index in [9.17, 15) is 0 Å². The molecule has 0 aliphatic carbocycles. The summed E-state index contributed by atoms with van der Waals surface area (Å²) in [7, 11) is 0. The summed E-state index contributed by atoms with van der Waals surface area (Å²) in [6, 6.07) is 2.29.